The number of hydrogen-bond donors (Lipinski definition) is 2. The predicted molar refractivity (Wildman–Crippen MR) is 44.0 cm³/mol. The molecule has 1 aliphatic rings. The van der Waals surface area contributed by atoms with Gasteiger partial charge >= 0.3 is 0 Å². The van der Waals surface area contributed by atoms with E-state index in [1.807, 2.05) is 24.3 Å². The monoisotopic (exact) mass is 154 g/mol. The molecule has 2 N–H and O–H groups in total. The van der Waals surface area contributed by atoms with Crippen LogP contribution in [0.4, 0.5) is 0 Å². The molecule has 0 fully saturated rings. The molecule has 0 spiro atoms. The molecule has 2 atom stereocenters. The van der Waals surface area contributed by atoms with Gasteiger partial charge in [-0.1, -0.05) is 24.3 Å². The van der Waals surface area contributed by atoms with Crippen LogP contribution in [0.1, 0.15) is 6.42 Å². The molecule has 0 saturated heterocycles. The minimum Gasteiger partial charge on any atom is -0.396 e. The Bertz CT molecular complexity index is 161. The zero-order valence-electron chi connectivity index (χ0n) is 6.48. The van der Waals surface area contributed by atoms with Crippen LogP contribution in [-0.2, 0) is 0 Å². The Kier molecular flexibility index (Phi) is 3.33. The summed E-state index contributed by atoms with van der Waals surface area (Å²) in [5.41, 5.74) is 0. The van der Waals surface area contributed by atoms with Crippen molar-refractivity contribution in [1.29, 1.82) is 0 Å². The van der Waals surface area contributed by atoms with Crippen LogP contribution in [0, 0.1) is 11.8 Å². The molecule has 1 aliphatic carbocycles. The first kappa shape index (κ1) is 8.50. The highest BCUT2D eigenvalue weighted by atomic mass is 16.3. The Morgan fingerprint density at radius 3 is 2.18 bits per heavy atom. The molecule has 2 nitrogen and oxygen atoms in total. The van der Waals surface area contributed by atoms with E-state index in [1.165, 1.54) is 0 Å². The van der Waals surface area contributed by atoms with Gasteiger partial charge in [0.05, 0.1) is 0 Å². The normalized spacial score (nSPS) is 29.3. The lowest BCUT2D eigenvalue weighted by Crippen LogP contribution is -2.17. The smallest absolute Gasteiger partial charge is 0.0499 e. The summed E-state index contributed by atoms with van der Waals surface area (Å²) in [5, 5.41) is 17.6. The van der Waals surface area contributed by atoms with Gasteiger partial charge in [-0.05, 0) is 12.3 Å². The van der Waals surface area contributed by atoms with E-state index in [4.69, 9.17) is 10.2 Å². The maximum atomic E-state index is 8.92. The minimum atomic E-state index is 0.172. The summed E-state index contributed by atoms with van der Waals surface area (Å²) >= 11 is 0. The van der Waals surface area contributed by atoms with Gasteiger partial charge in [0, 0.05) is 19.1 Å². The Morgan fingerprint density at radius 1 is 1.00 bits per heavy atom. The summed E-state index contributed by atoms with van der Waals surface area (Å²) in [4.78, 5) is 0. The van der Waals surface area contributed by atoms with Crippen molar-refractivity contribution in [3.8, 4) is 0 Å². The van der Waals surface area contributed by atoms with Crippen LogP contribution in [0.25, 0.3) is 0 Å². The second-order valence-corrected chi connectivity index (χ2v) is 2.79. The van der Waals surface area contributed by atoms with Gasteiger partial charge in [0.25, 0.3) is 0 Å². The molecule has 0 saturated carbocycles. The lowest BCUT2D eigenvalue weighted by atomic mass is 9.87. The third kappa shape index (κ3) is 2.17. The van der Waals surface area contributed by atoms with Crippen LogP contribution in [0.15, 0.2) is 24.3 Å². The molecule has 0 aromatic rings. The lowest BCUT2D eigenvalue weighted by molar-refractivity contribution is 0.196. The van der Waals surface area contributed by atoms with Crippen molar-refractivity contribution in [3.63, 3.8) is 0 Å². The molecule has 2 unspecified atom stereocenters. The molecule has 0 amide bonds. The second-order valence-electron chi connectivity index (χ2n) is 2.79. The first-order valence-corrected chi connectivity index (χ1v) is 3.95. The van der Waals surface area contributed by atoms with Crippen LogP contribution < -0.4 is 0 Å². The van der Waals surface area contributed by atoms with Gasteiger partial charge in [-0.2, -0.15) is 0 Å². The molecule has 11 heavy (non-hydrogen) atoms. The standard InChI is InChI=1S/C9H14O2/c10-6-5-8-3-1-2-4-9(8)7-11/h1-4,8-11H,5-7H2. The highest BCUT2D eigenvalue weighted by Crippen LogP contribution is 2.21. The number of aliphatic hydroxyl groups excluding tert-OH is 2. The summed E-state index contributed by atoms with van der Waals surface area (Å²) in [6.07, 6.45) is 8.67. The molecule has 0 aromatic carbocycles. The molecule has 62 valence electrons. The van der Waals surface area contributed by atoms with Gasteiger partial charge < -0.3 is 10.2 Å². The lowest BCUT2D eigenvalue weighted by Gasteiger charge is -2.20. The van der Waals surface area contributed by atoms with Crippen molar-refractivity contribution in [3.05, 3.63) is 24.3 Å². The molecule has 0 bridgehead atoms. The van der Waals surface area contributed by atoms with E-state index in [2.05, 4.69) is 0 Å². The Balaban J connectivity index is 2.48. The summed E-state index contributed by atoms with van der Waals surface area (Å²) in [6, 6.07) is 0. The van der Waals surface area contributed by atoms with Gasteiger partial charge in [0.15, 0.2) is 0 Å². The van der Waals surface area contributed by atoms with Gasteiger partial charge in [-0.25, -0.2) is 0 Å². The molecule has 0 aromatic heterocycles. The number of rotatable bonds is 3. The average molecular weight is 154 g/mol. The van der Waals surface area contributed by atoms with Crippen molar-refractivity contribution in [2.24, 2.45) is 11.8 Å². The molecule has 0 heterocycles. The van der Waals surface area contributed by atoms with Crippen molar-refractivity contribution < 1.29 is 10.2 Å². The number of hydrogen-bond acceptors (Lipinski definition) is 2. The number of allylic oxidation sites excluding steroid dienone is 3. The largest absolute Gasteiger partial charge is 0.396 e. The molecule has 2 heteroatoms. The van der Waals surface area contributed by atoms with Crippen molar-refractivity contribution in [2.45, 2.75) is 6.42 Å². The summed E-state index contributed by atoms with van der Waals surface area (Å²) in [7, 11) is 0. The zero-order valence-corrected chi connectivity index (χ0v) is 6.48. The maximum Gasteiger partial charge on any atom is 0.0499 e. The van der Waals surface area contributed by atoms with Crippen LogP contribution in [0.5, 0.6) is 0 Å². The topological polar surface area (TPSA) is 40.5 Å². The van der Waals surface area contributed by atoms with Crippen LogP contribution in [0.3, 0.4) is 0 Å². The first-order chi connectivity index (χ1) is 5.38. The maximum absolute atomic E-state index is 8.92. The van der Waals surface area contributed by atoms with Crippen LogP contribution in [0.2, 0.25) is 0 Å². The fourth-order valence-electron chi connectivity index (χ4n) is 1.35. The summed E-state index contributed by atoms with van der Waals surface area (Å²) in [6.45, 7) is 0.366. The Hall–Kier alpha value is -0.600. The zero-order chi connectivity index (χ0) is 8.10. The fraction of sp³-hybridized carbons (Fsp3) is 0.556. The molecular formula is C9H14O2. The summed E-state index contributed by atoms with van der Waals surface area (Å²) < 4.78 is 0. The second kappa shape index (κ2) is 4.31. The highest BCUT2D eigenvalue weighted by Gasteiger charge is 2.16. The minimum absolute atomic E-state index is 0.172. The summed E-state index contributed by atoms with van der Waals surface area (Å²) in [5.74, 6) is 0.516. The van der Waals surface area contributed by atoms with E-state index in [0.29, 0.717) is 5.92 Å². The third-order valence-corrected chi connectivity index (χ3v) is 2.05. The van der Waals surface area contributed by atoms with Crippen LogP contribution in [-0.4, -0.2) is 23.4 Å². The van der Waals surface area contributed by atoms with Crippen molar-refractivity contribution in [2.75, 3.05) is 13.2 Å². The highest BCUT2D eigenvalue weighted by molar-refractivity contribution is 5.14. The van der Waals surface area contributed by atoms with E-state index in [0.717, 1.165) is 6.42 Å². The van der Waals surface area contributed by atoms with Gasteiger partial charge in [-0.15, -0.1) is 0 Å². The van der Waals surface area contributed by atoms with Crippen molar-refractivity contribution in [1.82, 2.24) is 0 Å². The SMILES string of the molecule is OCCC1C=CC=CC1CO. The quantitative estimate of drug-likeness (QED) is 0.628. The molecule has 1 rings (SSSR count). The predicted octanol–water partition coefficient (Wildman–Crippen LogP) is 0.720. The van der Waals surface area contributed by atoms with E-state index in [1.54, 1.807) is 0 Å². The number of aliphatic hydroxyl groups is 2. The van der Waals surface area contributed by atoms with E-state index in [-0.39, 0.29) is 19.1 Å². The first-order valence-electron chi connectivity index (χ1n) is 3.95. The van der Waals surface area contributed by atoms with Crippen molar-refractivity contribution >= 4 is 0 Å². The molecular weight excluding hydrogens is 140 g/mol. The van der Waals surface area contributed by atoms with Gasteiger partial charge in [0.1, 0.15) is 0 Å². The average Bonchev–Trinajstić information content (AvgIpc) is 2.06. The van der Waals surface area contributed by atoms with E-state index in [9.17, 15) is 0 Å². The third-order valence-electron chi connectivity index (χ3n) is 2.05. The van der Waals surface area contributed by atoms with E-state index >= 15 is 0 Å². The van der Waals surface area contributed by atoms with E-state index < -0.39 is 0 Å². The molecule has 0 radical (unpaired) electrons. The van der Waals surface area contributed by atoms with Crippen LogP contribution >= 0.6 is 0 Å². The van der Waals surface area contributed by atoms with Gasteiger partial charge in [-0.3, -0.25) is 0 Å². The Labute approximate surface area is 66.9 Å². The Morgan fingerprint density at radius 2 is 1.64 bits per heavy atom. The van der Waals surface area contributed by atoms with Gasteiger partial charge in [0.2, 0.25) is 0 Å². The fourth-order valence-corrected chi connectivity index (χ4v) is 1.35. The molecule has 0 aliphatic heterocycles.